The van der Waals surface area contributed by atoms with Crippen LogP contribution in [0, 0.1) is 6.92 Å². The number of nitrogens with one attached hydrogen (secondary N) is 1. The van der Waals surface area contributed by atoms with Crippen molar-refractivity contribution in [2.45, 2.75) is 31.1 Å². The van der Waals surface area contributed by atoms with E-state index in [4.69, 9.17) is 0 Å². The molecule has 1 aromatic heterocycles. The minimum atomic E-state index is -3.61. The number of piperidine rings is 1. The fourth-order valence-electron chi connectivity index (χ4n) is 3.48. The molecule has 6 nitrogen and oxygen atoms in total. The molecule has 0 amide bonds. The van der Waals surface area contributed by atoms with Crippen molar-refractivity contribution < 1.29 is 8.42 Å². The zero-order chi connectivity index (χ0) is 20.3. The smallest absolute Gasteiger partial charge is 0.261 e. The molecule has 1 N–H and O–H groups in total. The van der Waals surface area contributed by atoms with Crippen LogP contribution in [0.25, 0.3) is 11.3 Å². The number of hydrogen-bond donors (Lipinski definition) is 1. The van der Waals surface area contributed by atoms with Gasteiger partial charge >= 0.3 is 0 Å². The number of aryl methyl sites for hydroxylation is 1. The van der Waals surface area contributed by atoms with Gasteiger partial charge < -0.3 is 4.90 Å². The molecule has 3 aromatic rings. The molecule has 0 spiro atoms. The summed E-state index contributed by atoms with van der Waals surface area (Å²) in [6.45, 7) is 3.93. The van der Waals surface area contributed by atoms with Crippen LogP contribution < -0.4 is 9.62 Å². The average Bonchev–Trinajstić information content (AvgIpc) is 2.75. The number of benzene rings is 2. The predicted octanol–water partition coefficient (Wildman–Crippen LogP) is 4.24. The fraction of sp³-hybridized carbons (Fsp3) is 0.273. The monoisotopic (exact) mass is 408 g/mol. The lowest BCUT2D eigenvalue weighted by Crippen LogP contribution is -2.30. The van der Waals surface area contributed by atoms with E-state index in [-0.39, 0.29) is 4.90 Å². The molecule has 1 aliphatic rings. The Morgan fingerprint density at radius 3 is 2.31 bits per heavy atom. The van der Waals surface area contributed by atoms with Crippen molar-refractivity contribution in [2.24, 2.45) is 0 Å². The molecule has 1 aliphatic heterocycles. The molecule has 2 aromatic carbocycles. The highest BCUT2D eigenvalue weighted by Gasteiger charge is 2.15. The summed E-state index contributed by atoms with van der Waals surface area (Å²) in [5.41, 5.74) is 3.06. The van der Waals surface area contributed by atoms with Crippen LogP contribution in [0.4, 0.5) is 11.5 Å². The van der Waals surface area contributed by atoms with Gasteiger partial charge in [0.15, 0.2) is 5.82 Å². The molecule has 29 heavy (non-hydrogen) atoms. The van der Waals surface area contributed by atoms with Gasteiger partial charge in [0.05, 0.1) is 10.6 Å². The van der Waals surface area contributed by atoms with Gasteiger partial charge in [-0.05, 0) is 68.1 Å². The van der Waals surface area contributed by atoms with Crippen molar-refractivity contribution in [1.82, 2.24) is 10.2 Å². The van der Waals surface area contributed by atoms with E-state index >= 15 is 0 Å². The second-order valence-electron chi connectivity index (χ2n) is 7.32. The third-order valence-electron chi connectivity index (χ3n) is 5.06. The van der Waals surface area contributed by atoms with Gasteiger partial charge in [-0.15, -0.1) is 10.2 Å². The van der Waals surface area contributed by atoms with E-state index in [0.717, 1.165) is 35.7 Å². The Hall–Kier alpha value is -2.93. The highest BCUT2D eigenvalue weighted by molar-refractivity contribution is 7.92. The Balaban J connectivity index is 1.47. The van der Waals surface area contributed by atoms with Gasteiger partial charge in [-0.25, -0.2) is 8.42 Å². The minimum absolute atomic E-state index is 0.251. The van der Waals surface area contributed by atoms with Gasteiger partial charge in [0.25, 0.3) is 10.0 Å². The van der Waals surface area contributed by atoms with E-state index < -0.39 is 10.0 Å². The van der Waals surface area contributed by atoms with Gasteiger partial charge in [0.1, 0.15) is 0 Å². The van der Waals surface area contributed by atoms with E-state index in [1.165, 1.54) is 19.3 Å². The highest BCUT2D eigenvalue weighted by atomic mass is 32.2. The third kappa shape index (κ3) is 4.56. The normalized spacial score (nSPS) is 14.6. The summed E-state index contributed by atoms with van der Waals surface area (Å²) in [7, 11) is -3.61. The third-order valence-corrected chi connectivity index (χ3v) is 6.44. The summed E-state index contributed by atoms with van der Waals surface area (Å²) >= 11 is 0. The Labute approximate surface area is 171 Å². The molecular formula is C22H24N4O2S. The summed E-state index contributed by atoms with van der Waals surface area (Å²) in [5, 5.41) is 8.73. The fourth-order valence-corrected chi connectivity index (χ4v) is 4.64. The van der Waals surface area contributed by atoms with Crippen LogP contribution in [0.5, 0.6) is 0 Å². The topological polar surface area (TPSA) is 75.2 Å². The van der Waals surface area contributed by atoms with Gasteiger partial charge in [-0.2, -0.15) is 0 Å². The lowest BCUT2D eigenvalue weighted by molar-refractivity contribution is 0.571. The Morgan fingerprint density at radius 1 is 0.897 bits per heavy atom. The standard InChI is InChI=1S/C22H24N4O2S/c1-17-6-5-7-20(16-17)29(27,28)25-19-10-8-18(9-11-19)21-12-13-22(24-23-21)26-14-3-2-4-15-26/h5-13,16,25H,2-4,14-15H2,1H3. The number of hydrogen-bond acceptors (Lipinski definition) is 5. The van der Waals surface area contributed by atoms with Crippen molar-refractivity contribution >= 4 is 21.5 Å². The van der Waals surface area contributed by atoms with Crippen molar-refractivity contribution in [2.75, 3.05) is 22.7 Å². The second kappa shape index (κ2) is 8.21. The van der Waals surface area contributed by atoms with Crippen LogP contribution in [0.15, 0.2) is 65.6 Å². The van der Waals surface area contributed by atoms with Crippen molar-refractivity contribution in [3.05, 3.63) is 66.2 Å². The number of sulfonamides is 1. The molecule has 1 fully saturated rings. The number of rotatable bonds is 5. The van der Waals surface area contributed by atoms with Crippen LogP contribution in [0.3, 0.4) is 0 Å². The molecule has 0 unspecified atom stereocenters. The quantitative estimate of drug-likeness (QED) is 0.683. The molecule has 4 rings (SSSR count). The van der Waals surface area contributed by atoms with Crippen LogP contribution in [-0.4, -0.2) is 31.7 Å². The molecule has 0 radical (unpaired) electrons. The maximum Gasteiger partial charge on any atom is 0.261 e. The summed E-state index contributed by atoms with van der Waals surface area (Å²) in [5.74, 6) is 0.913. The first kappa shape index (κ1) is 19.4. The van der Waals surface area contributed by atoms with Crippen molar-refractivity contribution in [3.8, 4) is 11.3 Å². The second-order valence-corrected chi connectivity index (χ2v) is 9.01. The van der Waals surface area contributed by atoms with Crippen LogP contribution in [0.2, 0.25) is 0 Å². The summed E-state index contributed by atoms with van der Waals surface area (Å²) in [4.78, 5) is 2.52. The zero-order valence-corrected chi connectivity index (χ0v) is 17.2. The van der Waals surface area contributed by atoms with Crippen LogP contribution >= 0.6 is 0 Å². The van der Waals surface area contributed by atoms with E-state index in [1.54, 1.807) is 30.3 Å². The molecule has 2 heterocycles. The first-order valence-corrected chi connectivity index (χ1v) is 11.3. The first-order chi connectivity index (χ1) is 14.0. The van der Waals surface area contributed by atoms with Crippen molar-refractivity contribution in [3.63, 3.8) is 0 Å². The van der Waals surface area contributed by atoms with Gasteiger partial charge in [-0.3, -0.25) is 4.72 Å². The Kier molecular flexibility index (Phi) is 5.49. The van der Waals surface area contributed by atoms with Gasteiger partial charge in [-0.1, -0.05) is 24.3 Å². The Bertz CT molecular complexity index is 1070. The predicted molar refractivity (Wildman–Crippen MR) is 116 cm³/mol. The largest absolute Gasteiger partial charge is 0.355 e. The summed E-state index contributed by atoms with van der Waals surface area (Å²) in [6, 6.07) is 18.0. The maximum atomic E-state index is 12.6. The van der Waals surface area contributed by atoms with Crippen LogP contribution in [0.1, 0.15) is 24.8 Å². The zero-order valence-electron chi connectivity index (χ0n) is 16.4. The van der Waals surface area contributed by atoms with Gasteiger partial charge in [0.2, 0.25) is 0 Å². The SMILES string of the molecule is Cc1cccc(S(=O)(=O)Nc2ccc(-c3ccc(N4CCCCC4)nn3)cc2)c1. The lowest BCUT2D eigenvalue weighted by Gasteiger charge is -2.27. The van der Waals surface area contributed by atoms with E-state index in [1.807, 2.05) is 37.3 Å². The molecule has 150 valence electrons. The minimum Gasteiger partial charge on any atom is -0.355 e. The molecule has 0 atom stereocenters. The first-order valence-electron chi connectivity index (χ1n) is 9.80. The average molecular weight is 409 g/mol. The molecule has 0 aliphatic carbocycles. The lowest BCUT2D eigenvalue weighted by atomic mass is 10.1. The molecule has 7 heteroatoms. The molecule has 0 saturated carbocycles. The number of anilines is 2. The van der Waals surface area contributed by atoms with Crippen LogP contribution in [-0.2, 0) is 10.0 Å². The van der Waals surface area contributed by atoms with Crippen molar-refractivity contribution in [1.29, 1.82) is 0 Å². The maximum absolute atomic E-state index is 12.6. The number of aromatic nitrogens is 2. The molecule has 0 bridgehead atoms. The van der Waals surface area contributed by atoms with E-state index in [9.17, 15) is 8.42 Å². The van der Waals surface area contributed by atoms with E-state index in [0.29, 0.717) is 5.69 Å². The van der Waals surface area contributed by atoms with E-state index in [2.05, 4.69) is 19.8 Å². The molecule has 1 saturated heterocycles. The van der Waals surface area contributed by atoms with Gasteiger partial charge in [0, 0.05) is 24.3 Å². The number of nitrogens with zero attached hydrogens (tertiary/aromatic N) is 3. The summed E-state index contributed by atoms with van der Waals surface area (Å²) < 4.78 is 27.7. The Morgan fingerprint density at radius 2 is 1.66 bits per heavy atom. The molecular weight excluding hydrogens is 384 g/mol. The summed E-state index contributed by atoms with van der Waals surface area (Å²) in [6.07, 6.45) is 3.68. The highest BCUT2D eigenvalue weighted by Crippen LogP contribution is 2.23.